The highest BCUT2D eigenvalue weighted by Gasteiger charge is 2.24. The molecule has 0 spiro atoms. The van der Waals surface area contributed by atoms with Crippen molar-refractivity contribution in [1.29, 1.82) is 0 Å². The number of nitrogens with zero attached hydrogens (tertiary/aromatic N) is 1. The van der Waals surface area contributed by atoms with Gasteiger partial charge in [0.2, 0.25) is 5.91 Å². The topological polar surface area (TPSA) is 125 Å². The van der Waals surface area contributed by atoms with Gasteiger partial charge in [-0.3, -0.25) is 4.79 Å². The summed E-state index contributed by atoms with van der Waals surface area (Å²) in [6.45, 7) is 4.53. The fourth-order valence-corrected chi connectivity index (χ4v) is 1.59. The molecule has 0 saturated carbocycles. The van der Waals surface area contributed by atoms with Crippen LogP contribution in [0, 0.1) is 5.92 Å². The summed E-state index contributed by atoms with van der Waals surface area (Å²) >= 11 is 0. The molecule has 0 heterocycles. The average molecular weight is 288 g/mol. The Morgan fingerprint density at radius 2 is 1.75 bits per heavy atom. The Balaban J connectivity index is 4.56. The van der Waals surface area contributed by atoms with Crippen LogP contribution in [0.3, 0.4) is 0 Å². The second-order valence-corrected chi connectivity index (χ2v) is 5.29. The van der Waals surface area contributed by atoms with Crippen molar-refractivity contribution in [2.45, 2.75) is 32.4 Å². The van der Waals surface area contributed by atoms with Crippen LogP contribution in [0.1, 0.15) is 20.3 Å². The van der Waals surface area contributed by atoms with Crippen molar-refractivity contribution in [2.75, 3.05) is 20.6 Å². The minimum Gasteiger partial charge on any atom is -0.480 e. The van der Waals surface area contributed by atoms with Gasteiger partial charge in [0, 0.05) is 12.6 Å². The summed E-state index contributed by atoms with van der Waals surface area (Å²) in [6.07, 6.45) is -0.442. The lowest BCUT2D eigenvalue weighted by molar-refractivity contribution is -0.140. The summed E-state index contributed by atoms with van der Waals surface area (Å²) in [7, 11) is 3.75. The molecule has 0 aliphatic heterocycles. The summed E-state index contributed by atoms with van der Waals surface area (Å²) in [4.78, 5) is 35.4. The summed E-state index contributed by atoms with van der Waals surface area (Å²) in [5.41, 5.74) is 4.94. The fraction of sp³-hybridized carbons (Fsp3) is 0.750. The predicted molar refractivity (Wildman–Crippen MR) is 74.1 cm³/mol. The Kier molecular flexibility index (Phi) is 7.60. The Labute approximate surface area is 118 Å². The van der Waals surface area contributed by atoms with E-state index in [1.807, 2.05) is 32.8 Å². The molecule has 8 heteroatoms. The lowest BCUT2D eigenvalue weighted by Crippen LogP contribution is -2.53. The number of nitrogens with two attached hydrogens (primary N) is 1. The van der Waals surface area contributed by atoms with E-state index in [0.29, 0.717) is 6.54 Å². The molecule has 0 fully saturated rings. The third kappa shape index (κ3) is 7.57. The fourth-order valence-electron chi connectivity index (χ4n) is 1.59. The Hall–Kier alpha value is -1.83. The molecular weight excluding hydrogens is 264 g/mol. The summed E-state index contributed by atoms with van der Waals surface area (Å²) in [5.74, 6) is -1.90. The molecule has 0 aromatic heterocycles. The number of hydrogen-bond donors (Lipinski definition) is 4. The van der Waals surface area contributed by atoms with Crippen molar-refractivity contribution in [3.63, 3.8) is 0 Å². The van der Waals surface area contributed by atoms with Crippen LogP contribution in [0.25, 0.3) is 0 Å². The maximum Gasteiger partial charge on any atom is 0.326 e. The van der Waals surface area contributed by atoms with Crippen molar-refractivity contribution >= 4 is 17.9 Å². The van der Waals surface area contributed by atoms with E-state index in [9.17, 15) is 14.4 Å². The highest BCUT2D eigenvalue weighted by Crippen LogP contribution is 2.03. The maximum atomic E-state index is 11.8. The van der Waals surface area contributed by atoms with Crippen LogP contribution in [0.2, 0.25) is 0 Å². The molecule has 2 atom stereocenters. The molecule has 0 aliphatic carbocycles. The third-order valence-corrected chi connectivity index (χ3v) is 2.69. The number of carbonyl (C=O) groups excluding carboxylic acids is 2. The zero-order valence-electron chi connectivity index (χ0n) is 12.3. The van der Waals surface area contributed by atoms with E-state index in [1.165, 1.54) is 0 Å². The number of urea groups is 1. The number of nitrogens with one attached hydrogen (secondary N) is 2. The van der Waals surface area contributed by atoms with Crippen LogP contribution < -0.4 is 16.4 Å². The number of primary amides is 1. The lowest BCUT2D eigenvalue weighted by atomic mass is 10.0. The third-order valence-electron chi connectivity index (χ3n) is 2.69. The lowest BCUT2D eigenvalue weighted by Gasteiger charge is -2.26. The first kappa shape index (κ1) is 18.2. The SMILES string of the molecule is CC(C)C(CN(C)C)NC(=O)NC(CC(N)=O)C(=O)O. The van der Waals surface area contributed by atoms with E-state index >= 15 is 0 Å². The number of likely N-dealkylation sites (N-methyl/N-ethyl adjacent to an activating group) is 1. The Morgan fingerprint density at radius 1 is 1.20 bits per heavy atom. The van der Waals surface area contributed by atoms with Crippen molar-refractivity contribution in [1.82, 2.24) is 15.5 Å². The molecule has 0 aromatic carbocycles. The molecule has 0 aliphatic rings. The highest BCUT2D eigenvalue weighted by atomic mass is 16.4. The zero-order chi connectivity index (χ0) is 15.9. The van der Waals surface area contributed by atoms with Gasteiger partial charge in [0.05, 0.1) is 6.42 Å². The van der Waals surface area contributed by atoms with Gasteiger partial charge >= 0.3 is 12.0 Å². The van der Waals surface area contributed by atoms with Crippen LogP contribution in [0.4, 0.5) is 4.79 Å². The molecule has 0 rings (SSSR count). The number of amides is 3. The average Bonchev–Trinajstić information content (AvgIpc) is 2.25. The minimum absolute atomic E-state index is 0.131. The molecule has 20 heavy (non-hydrogen) atoms. The summed E-state index contributed by atoms with van der Waals surface area (Å²) in [6, 6.07) is -2.08. The normalized spacial score (nSPS) is 13.9. The minimum atomic E-state index is -1.32. The number of hydrogen-bond acceptors (Lipinski definition) is 4. The molecule has 2 unspecified atom stereocenters. The van der Waals surface area contributed by atoms with Gasteiger partial charge in [-0.15, -0.1) is 0 Å². The van der Waals surface area contributed by atoms with Crippen molar-refractivity contribution in [3.8, 4) is 0 Å². The summed E-state index contributed by atoms with van der Waals surface area (Å²) < 4.78 is 0. The van der Waals surface area contributed by atoms with E-state index in [-0.39, 0.29) is 12.0 Å². The number of carboxylic acids is 1. The van der Waals surface area contributed by atoms with Crippen LogP contribution in [0.15, 0.2) is 0 Å². The largest absolute Gasteiger partial charge is 0.480 e. The van der Waals surface area contributed by atoms with Crippen molar-refractivity contribution in [3.05, 3.63) is 0 Å². The zero-order valence-corrected chi connectivity index (χ0v) is 12.3. The van der Waals surface area contributed by atoms with E-state index in [0.717, 1.165) is 0 Å². The van der Waals surface area contributed by atoms with Gasteiger partial charge in [0.15, 0.2) is 0 Å². The first-order valence-corrected chi connectivity index (χ1v) is 6.36. The standard InChI is InChI=1S/C12H24N4O4/c1-7(2)9(6-16(3)4)15-12(20)14-8(11(18)19)5-10(13)17/h7-9H,5-6H2,1-4H3,(H2,13,17)(H,18,19)(H2,14,15,20). The molecular formula is C12H24N4O4. The molecule has 0 aromatic rings. The van der Waals surface area contributed by atoms with Crippen molar-refractivity contribution in [2.24, 2.45) is 11.7 Å². The molecule has 116 valence electrons. The molecule has 5 N–H and O–H groups in total. The van der Waals surface area contributed by atoms with E-state index in [2.05, 4.69) is 10.6 Å². The van der Waals surface area contributed by atoms with Gasteiger partial charge in [0.25, 0.3) is 0 Å². The van der Waals surface area contributed by atoms with E-state index < -0.39 is 30.4 Å². The van der Waals surface area contributed by atoms with Crippen LogP contribution in [-0.2, 0) is 9.59 Å². The number of carbonyl (C=O) groups is 3. The monoisotopic (exact) mass is 288 g/mol. The molecule has 8 nitrogen and oxygen atoms in total. The van der Waals surface area contributed by atoms with Gasteiger partial charge in [-0.05, 0) is 20.0 Å². The number of carboxylic acid groups (broad SMARTS) is 1. The summed E-state index contributed by atoms with van der Waals surface area (Å²) in [5, 5.41) is 13.8. The van der Waals surface area contributed by atoms with Gasteiger partial charge in [-0.25, -0.2) is 9.59 Å². The van der Waals surface area contributed by atoms with Gasteiger partial charge in [0.1, 0.15) is 6.04 Å². The quantitative estimate of drug-likeness (QED) is 0.465. The molecule has 0 radical (unpaired) electrons. The van der Waals surface area contributed by atoms with Gasteiger partial charge < -0.3 is 26.4 Å². The van der Waals surface area contributed by atoms with Gasteiger partial charge in [-0.2, -0.15) is 0 Å². The number of rotatable bonds is 8. The van der Waals surface area contributed by atoms with Crippen LogP contribution >= 0.6 is 0 Å². The Morgan fingerprint density at radius 3 is 2.10 bits per heavy atom. The van der Waals surface area contributed by atoms with E-state index in [4.69, 9.17) is 10.8 Å². The second kappa shape index (κ2) is 8.36. The van der Waals surface area contributed by atoms with Crippen LogP contribution in [-0.4, -0.2) is 60.6 Å². The number of aliphatic carboxylic acids is 1. The molecule has 0 saturated heterocycles. The van der Waals surface area contributed by atoms with Crippen LogP contribution in [0.5, 0.6) is 0 Å². The first-order valence-electron chi connectivity index (χ1n) is 6.36. The predicted octanol–water partition coefficient (Wildman–Crippen LogP) is -0.800. The Bertz CT molecular complexity index is 357. The molecule has 3 amide bonds. The highest BCUT2D eigenvalue weighted by molar-refractivity contribution is 5.87. The second-order valence-electron chi connectivity index (χ2n) is 5.29. The van der Waals surface area contributed by atoms with E-state index in [1.54, 1.807) is 0 Å². The van der Waals surface area contributed by atoms with Gasteiger partial charge in [-0.1, -0.05) is 13.8 Å². The van der Waals surface area contributed by atoms with Crippen molar-refractivity contribution < 1.29 is 19.5 Å². The maximum absolute atomic E-state index is 11.8. The first-order chi connectivity index (χ1) is 9.13. The molecule has 0 bridgehead atoms. The smallest absolute Gasteiger partial charge is 0.326 e.